The van der Waals surface area contributed by atoms with Gasteiger partial charge in [0.15, 0.2) is 0 Å². The van der Waals surface area contributed by atoms with Crippen LogP contribution in [0.2, 0.25) is 0 Å². The van der Waals surface area contributed by atoms with Crippen molar-refractivity contribution in [3.63, 3.8) is 0 Å². The molecule has 1 aliphatic heterocycles. The van der Waals surface area contributed by atoms with Crippen molar-refractivity contribution in [1.82, 2.24) is 5.32 Å². The summed E-state index contributed by atoms with van der Waals surface area (Å²) >= 11 is 0. The van der Waals surface area contributed by atoms with E-state index in [1.54, 1.807) is 0 Å². The Bertz CT molecular complexity index is 326. The van der Waals surface area contributed by atoms with Crippen LogP contribution in [-0.4, -0.2) is 5.91 Å². The Morgan fingerprint density at radius 2 is 2.06 bits per heavy atom. The number of allylic oxidation sites excluding steroid dienone is 4. The van der Waals surface area contributed by atoms with Crippen LogP contribution in [-0.2, 0) is 4.79 Å². The normalized spacial score (nSPS) is 17.4. The Balaban J connectivity index is 2.82. The fourth-order valence-corrected chi connectivity index (χ4v) is 2.41. The highest BCUT2D eigenvalue weighted by molar-refractivity contribution is 5.80. The molecule has 0 atom stereocenters. The number of hydrogen-bond acceptors (Lipinski definition) is 1. The summed E-state index contributed by atoms with van der Waals surface area (Å²) in [4.78, 5) is 11.5. The summed E-state index contributed by atoms with van der Waals surface area (Å²) in [6.07, 6.45) is 9.46. The summed E-state index contributed by atoms with van der Waals surface area (Å²) in [6, 6.07) is 0. The van der Waals surface area contributed by atoms with Crippen LogP contribution in [0, 0.1) is 0 Å². The standard InChI is InChI=1S/C15H25NO/c1-4-7-8-9-14-13(12(5-2)6-3)10-11-15(17)16-14/h5H,4,6-11H2,1-3H3,(H,16,17). The van der Waals surface area contributed by atoms with Crippen molar-refractivity contribution < 1.29 is 4.79 Å². The first-order chi connectivity index (χ1) is 8.22. The Hall–Kier alpha value is -1.05. The van der Waals surface area contributed by atoms with Crippen LogP contribution in [0.25, 0.3) is 0 Å². The van der Waals surface area contributed by atoms with Crippen LogP contribution in [0.4, 0.5) is 0 Å². The van der Waals surface area contributed by atoms with E-state index in [0.717, 1.165) is 19.3 Å². The highest BCUT2D eigenvalue weighted by Gasteiger charge is 2.18. The number of unbranched alkanes of at least 4 members (excludes halogenated alkanes) is 2. The summed E-state index contributed by atoms with van der Waals surface area (Å²) in [7, 11) is 0. The summed E-state index contributed by atoms with van der Waals surface area (Å²) in [5, 5.41) is 3.07. The van der Waals surface area contributed by atoms with E-state index in [4.69, 9.17) is 0 Å². The van der Waals surface area contributed by atoms with Crippen molar-refractivity contribution in [3.8, 4) is 0 Å². The van der Waals surface area contributed by atoms with Crippen molar-refractivity contribution in [2.75, 3.05) is 0 Å². The second kappa shape index (κ2) is 7.31. The van der Waals surface area contributed by atoms with Crippen molar-refractivity contribution >= 4 is 5.91 Å². The maximum atomic E-state index is 11.5. The van der Waals surface area contributed by atoms with Crippen molar-refractivity contribution in [2.24, 2.45) is 0 Å². The number of rotatable bonds is 6. The summed E-state index contributed by atoms with van der Waals surface area (Å²) < 4.78 is 0. The van der Waals surface area contributed by atoms with Crippen molar-refractivity contribution in [2.45, 2.75) is 65.7 Å². The Labute approximate surface area is 105 Å². The van der Waals surface area contributed by atoms with Gasteiger partial charge in [-0.05, 0) is 43.8 Å². The quantitative estimate of drug-likeness (QED) is 0.690. The maximum Gasteiger partial charge on any atom is 0.224 e. The molecule has 0 aromatic heterocycles. The van der Waals surface area contributed by atoms with Crippen LogP contribution < -0.4 is 5.32 Å². The second-order valence-electron chi connectivity index (χ2n) is 4.63. The fraction of sp³-hybridized carbons (Fsp3) is 0.667. The van der Waals surface area contributed by atoms with Crippen LogP contribution in [0.15, 0.2) is 22.9 Å². The minimum Gasteiger partial charge on any atom is -0.329 e. The molecule has 2 heteroatoms. The van der Waals surface area contributed by atoms with Gasteiger partial charge in [-0.3, -0.25) is 4.79 Å². The predicted octanol–water partition coefficient (Wildman–Crippen LogP) is 4.09. The van der Waals surface area contributed by atoms with Gasteiger partial charge in [-0.25, -0.2) is 0 Å². The van der Waals surface area contributed by atoms with Gasteiger partial charge in [0, 0.05) is 12.1 Å². The van der Waals surface area contributed by atoms with Gasteiger partial charge in [-0.1, -0.05) is 32.8 Å². The van der Waals surface area contributed by atoms with Gasteiger partial charge in [0.05, 0.1) is 0 Å². The number of carbonyl (C=O) groups is 1. The van der Waals surface area contributed by atoms with Gasteiger partial charge in [0.1, 0.15) is 0 Å². The number of carbonyl (C=O) groups excluding carboxylic acids is 1. The minimum absolute atomic E-state index is 0.187. The molecule has 1 amide bonds. The molecular weight excluding hydrogens is 210 g/mol. The van der Waals surface area contributed by atoms with Gasteiger partial charge in [-0.15, -0.1) is 0 Å². The maximum absolute atomic E-state index is 11.5. The van der Waals surface area contributed by atoms with Crippen molar-refractivity contribution in [1.29, 1.82) is 0 Å². The van der Waals surface area contributed by atoms with Gasteiger partial charge in [0.2, 0.25) is 5.91 Å². The topological polar surface area (TPSA) is 29.1 Å². The molecule has 1 heterocycles. The molecular formula is C15H25NO. The highest BCUT2D eigenvalue weighted by Crippen LogP contribution is 2.27. The first-order valence-electron chi connectivity index (χ1n) is 6.90. The molecule has 0 unspecified atom stereocenters. The van der Waals surface area contributed by atoms with E-state index in [0.29, 0.717) is 6.42 Å². The third-order valence-electron chi connectivity index (χ3n) is 3.40. The van der Waals surface area contributed by atoms with Crippen molar-refractivity contribution in [3.05, 3.63) is 22.9 Å². The average Bonchev–Trinajstić information content (AvgIpc) is 2.33. The summed E-state index contributed by atoms with van der Waals surface area (Å²) in [5.41, 5.74) is 3.98. The van der Waals surface area contributed by atoms with E-state index in [1.807, 2.05) is 0 Å². The molecule has 0 radical (unpaired) electrons. The molecule has 17 heavy (non-hydrogen) atoms. The van der Waals surface area contributed by atoms with E-state index >= 15 is 0 Å². The number of nitrogens with one attached hydrogen (secondary N) is 1. The summed E-state index contributed by atoms with van der Waals surface area (Å²) in [6.45, 7) is 6.48. The van der Waals surface area contributed by atoms with E-state index < -0.39 is 0 Å². The Kier molecular flexibility index (Phi) is 6.03. The monoisotopic (exact) mass is 235 g/mol. The zero-order chi connectivity index (χ0) is 12.7. The highest BCUT2D eigenvalue weighted by atomic mass is 16.1. The molecule has 0 aliphatic carbocycles. The molecule has 0 fully saturated rings. The molecule has 96 valence electrons. The SMILES string of the molecule is CC=C(CC)C1=C(CCCCC)NC(=O)CC1. The van der Waals surface area contributed by atoms with Gasteiger partial charge < -0.3 is 5.32 Å². The molecule has 0 bridgehead atoms. The lowest BCUT2D eigenvalue weighted by atomic mass is 9.92. The molecule has 1 N–H and O–H groups in total. The van der Waals surface area contributed by atoms with Crippen LogP contribution in [0.5, 0.6) is 0 Å². The molecule has 1 rings (SSSR count). The lowest BCUT2D eigenvalue weighted by molar-refractivity contribution is -0.120. The minimum atomic E-state index is 0.187. The van der Waals surface area contributed by atoms with Gasteiger partial charge in [-0.2, -0.15) is 0 Å². The van der Waals surface area contributed by atoms with Gasteiger partial charge in [0.25, 0.3) is 0 Å². The lowest BCUT2D eigenvalue weighted by Crippen LogP contribution is -2.28. The molecule has 1 aliphatic rings. The predicted molar refractivity (Wildman–Crippen MR) is 72.6 cm³/mol. The van der Waals surface area contributed by atoms with Gasteiger partial charge >= 0.3 is 0 Å². The molecule has 0 aromatic carbocycles. The fourth-order valence-electron chi connectivity index (χ4n) is 2.41. The molecule has 0 aromatic rings. The first kappa shape index (κ1) is 14.0. The van der Waals surface area contributed by atoms with Crippen LogP contribution in [0.1, 0.15) is 65.7 Å². The van der Waals surface area contributed by atoms with E-state index in [9.17, 15) is 4.79 Å². The zero-order valence-electron chi connectivity index (χ0n) is 11.4. The molecule has 0 saturated carbocycles. The summed E-state index contributed by atoms with van der Waals surface area (Å²) in [5.74, 6) is 0.187. The molecule has 2 nitrogen and oxygen atoms in total. The largest absolute Gasteiger partial charge is 0.329 e. The third-order valence-corrected chi connectivity index (χ3v) is 3.40. The van der Waals surface area contributed by atoms with E-state index in [2.05, 4.69) is 32.2 Å². The molecule has 0 spiro atoms. The number of amides is 1. The Morgan fingerprint density at radius 1 is 1.29 bits per heavy atom. The smallest absolute Gasteiger partial charge is 0.224 e. The molecule has 0 saturated heterocycles. The van der Waals surface area contributed by atoms with E-state index in [1.165, 1.54) is 36.1 Å². The zero-order valence-corrected chi connectivity index (χ0v) is 11.4. The lowest BCUT2D eigenvalue weighted by Gasteiger charge is -2.23. The van der Waals surface area contributed by atoms with Crippen LogP contribution >= 0.6 is 0 Å². The Morgan fingerprint density at radius 3 is 2.65 bits per heavy atom. The van der Waals surface area contributed by atoms with Crippen LogP contribution in [0.3, 0.4) is 0 Å². The first-order valence-corrected chi connectivity index (χ1v) is 6.90. The average molecular weight is 235 g/mol. The second-order valence-corrected chi connectivity index (χ2v) is 4.63. The number of hydrogen-bond donors (Lipinski definition) is 1. The van der Waals surface area contributed by atoms with E-state index in [-0.39, 0.29) is 5.91 Å². The third kappa shape index (κ3) is 4.03.